The van der Waals surface area contributed by atoms with Crippen molar-refractivity contribution in [3.8, 4) is 17.2 Å². The maximum Gasteiger partial charge on any atom is 0.294 e. The molecule has 2 N–H and O–H groups in total. The van der Waals surface area contributed by atoms with Crippen LogP contribution in [0.1, 0.15) is 5.56 Å². The first-order chi connectivity index (χ1) is 19.7. The van der Waals surface area contributed by atoms with E-state index >= 15 is 0 Å². The number of ether oxygens (including phenoxy) is 3. The number of carbonyl (C=O) groups excluding carboxylic acids is 4. The molecular weight excluding hydrogens is 638 g/mol. The molecule has 13 heteroatoms. The summed E-state index contributed by atoms with van der Waals surface area (Å²) < 4.78 is 16.9. The molecule has 1 aliphatic heterocycles. The molecular formula is C28H23BrClN3O7S. The van der Waals surface area contributed by atoms with Crippen molar-refractivity contribution in [2.45, 2.75) is 0 Å². The van der Waals surface area contributed by atoms with Crippen molar-refractivity contribution in [2.75, 3.05) is 38.0 Å². The Balaban J connectivity index is 1.38. The smallest absolute Gasteiger partial charge is 0.294 e. The van der Waals surface area contributed by atoms with Crippen LogP contribution >= 0.6 is 39.3 Å². The Bertz CT molecular complexity index is 1550. The highest BCUT2D eigenvalue weighted by molar-refractivity contribution is 9.10. The lowest BCUT2D eigenvalue weighted by atomic mass is 10.2. The first-order valence-electron chi connectivity index (χ1n) is 11.9. The van der Waals surface area contributed by atoms with Gasteiger partial charge in [0.25, 0.3) is 17.1 Å². The minimum absolute atomic E-state index is 0.142. The van der Waals surface area contributed by atoms with Crippen molar-refractivity contribution >= 4 is 79.7 Å². The molecule has 0 atom stereocenters. The highest BCUT2D eigenvalue weighted by atomic mass is 79.9. The number of anilines is 2. The maximum atomic E-state index is 12.9. The molecule has 0 aromatic heterocycles. The SMILES string of the molecule is COc1ccccc1NC(=O)CN1C(=O)S/C(=C/c2ccc(OCC(=O)Nc3ccc(Br)c(Cl)c3)c(OC)c2)C1=O. The number of para-hydroxylation sites is 2. The molecule has 3 aromatic rings. The zero-order valence-electron chi connectivity index (χ0n) is 21.7. The number of thioether (sulfide) groups is 1. The summed E-state index contributed by atoms with van der Waals surface area (Å²) in [6.07, 6.45) is 1.51. The van der Waals surface area contributed by atoms with Gasteiger partial charge in [-0.1, -0.05) is 29.8 Å². The molecule has 0 aliphatic carbocycles. The number of imide groups is 1. The largest absolute Gasteiger partial charge is 0.495 e. The standard InChI is InChI=1S/C28H23BrClN3O7S/c1-38-21-6-4-3-5-20(21)32-25(34)14-33-27(36)24(41-28(33)37)12-16-7-10-22(23(11-16)39-2)40-15-26(35)31-17-8-9-18(29)19(30)13-17/h3-13H,14-15H2,1-2H3,(H,31,35)(H,32,34)/b24-12+. The predicted molar refractivity (Wildman–Crippen MR) is 161 cm³/mol. The molecule has 0 spiro atoms. The second kappa shape index (κ2) is 13.6. The molecule has 0 unspecified atom stereocenters. The number of methoxy groups -OCH3 is 2. The van der Waals surface area contributed by atoms with E-state index in [1.165, 1.54) is 20.3 Å². The number of hydrogen-bond donors (Lipinski definition) is 2. The molecule has 1 fully saturated rings. The minimum atomic E-state index is -0.598. The van der Waals surface area contributed by atoms with Crippen molar-refractivity contribution in [3.63, 3.8) is 0 Å². The van der Waals surface area contributed by atoms with Gasteiger partial charge in [-0.2, -0.15) is 0 Å². The fraction of sp³-hybridized carbons (Fsp3) is 0.143. The number of benzene rings is 3. The third-order valence-electron chi connectivity index (χ3n) is 5.60. The van der Waals surface area contributed by atoms with Gasteiger partial charge in [-0.25, -0.2) is 0 Å². The van der Waals surface area contributed by atoms with E-state index in [1.54, 1.807) is 60.7 Å². The van der Waals surface area contributed by atoms with E-state index < -0.39 is 29.5 Å². The molecule has 41 heavy (non-hydrogen) atoms. The summed E-state index contributed by atoms with van der Waals surface area (Å²) in [5.74, 6) is -0.486. The Morgan fingerprint density at radius 2 is 1.71 bits per heavy atom. The monoisotopic (exact) mass is 659 g/mol. The van der Waals surface area contributed by atoms with Crippen molar-refractivity contribution < 1.29 is 33.4 Å². The van der Waals surface area contributed by atoms with Gasteiger partial charge in [0, 0.05) is 10.2 Å². The van der Waals surface area contributed by atoms with Crippen molar-refractivity contribution in [1.82, 2.24) is 4.90 Å². The number of nitrogens with zero attached hydrogens (tertiary/aromatic N) is 1. The molecule has 1 heterocycles. The summed E-state index contributed by atoms with van der Waals surface area (Å²) in [7, 11) is 2.91. The fourth-order valence-electron chi connectivity index (χ4n) is 3.68. The highest BCUT2D eigenvalue weighted by Gasteiger charge is 2.36. The van der Waals surface area contributed by atoms with Crippen LogP contribution in [0.4, 0.5) is 16.2 Å². The third kappa shape index (κ3) is 7.60. The van der Waals surface area contributed by atoms with Gasteiger partial charge in [0.05, 0.1) is 29.8 Å². The molecule has 0 radical (unpaired) electrons. The topological polar surface area (TPSA) is 123 Å². The van der Waals surface area contributed by atoms with E-state index in [9.17, 15) is 19.2 Å². The molecule has 0 saturated carbocycles. The Kier molecular flexibility index (Phi) is 9.92. The number of amides is 4. The van der Waals surface area contributed by atoms with Crippen molar-refractivity contribution in [2.24, 2.45) is 0 Å². The quantitative estimate of drug-likeness (QED) is 0.261. The van der Waals surface area contributed by atoms with E-state index in [0.29, 0.717) is 43.7 Å². The number of rotatable bonds is 10. The number of hydrogen-bond acceptors (Lipinski definition) is 8. The molecule has 1 aliphatic rings. The lowest BCUT2D eigenvalue weighted by molar-refractivity contribution is -0.127. The molecule has 4 amide bonds. The van der Waals surface area contributed by atoms with Gasteiger partial charge in [-0.15, -0.1) is 0 Å². The van der Waals surface area contributed by atoms with E-state index in [0.717, 1.165) is 16.7 Å². The van der Waals surface area contributed by atoms with Crippen LogP contribution in [0.5, 0.6) is 17.2 Å². The van der Waals surface area contributed by atoms with Gasteiger partial charge >= 0.3 is 0 Å². The first kappa shape index (κ1) is 30.0. The lowest BCUT2D eigenvalue weighted by Gasteiger charge is -2.14. The Morgan fingerprint density at radius 1 is 0.951 bits per heavy atom. The summed E-state index contributed by atoms with van der Waals surface area (Å²) in [4.78, 5) is 51.3. The van der Waals surface area contributed by atoms with Crippen LogP contribution in [0, 0.1) is 0 Å². The summed E-state index contributed by atoms with van der Waals surface area (Å²) in [6, 6.07) is 16.6. The van der Waals surface area contributed by atoms with Crippen molar-refractivity contribution in [3.05, 3.63) is 80.6 Å². The van der Waals surface area contributed by atoms with Gasteiger partial charge in [-0.3, -0.25) is 24.1 Å². The van der Waals surface area contributed by atoms with Crippen LogP contribution in [0.15, 0.2) is 70.0 Å². The van der Waals surface area contributed by atoms with Crippen LogP contribution in [-0.2, 0) is 14.4 Å². The normalized spacial score (nSPS) is 13.8. The van der Waals surface area contributed by atoms with Gasteiger partial charge < -0.3 is 24.8 Å². The summed E-state index contributed by atoms with van der Waals surface area (Å²) in [5, 5.41) is 5.23. The van der Waals surface area contributed by atoms with Gasteiger partial charge in [0.2, 0.25) is 5.91 Å². The number of halogens is 2. The zero-order valence-corrected chi connectivity index (χ0v) is 24.9. The Hall–Kier alpha value is -4.00. The van der Waals surface area contributed by atoms with Crippen LogP contribution in [0.2, 0.25) is 5.02 Å². The zero-order chi connectivity index (χ0) is 29.5. The average molecular weight is 661 g/mol. The average Bonchev–Trinajstić information content (AvgIpc) is 3.21. The fourth-order valence-corrected chi connectivity index (χ4v) is 4.94. The summed E-state index contributed by atoms with van der Waals surface area (Å²) >= 11 is 10.1. The molecule has 1 saturated heterocycles. The molecule has 212 valence electrons. The van der Waals surface area contributed by atoms with Crippen molar-refractivity contribution in [1.29, 1.82) is 0 Å². The van der Waals surface area contributed by atoms with E-state index in [1.807, 2.05) is 0 Å². The summed E-state index contributed by atoms with van der Waals surface area (Å²) in [5.41, 5.74) is 1.49. The number of nitrogens with one attached hydrogen (secondary N) is 2. The molecule has 0 bridgehead atoms. The second-order valence-corrected chi connectivity index (χ2v) is 10.6. The highest BCUT2D eigenvalue weighted by Crippen LogP contribution is 2.35. The van der Waals surface area contributed by atoms with E-state index in [-0.39, 0.29) is 11.5 Å². The van der Waals surface area contributed by atoms with E-state index in [4.69, 9.17) is 25.8 Å². The second-order valence-electron chi connectivity index (χ2n) is 8.39. The predicted octanol–water partition coefficient (Wildman–Crippen LogP) is 5.81. The minimum Gasteiger partial charge on any atom is -0.495 e. The van der Waals surface area contributed by atoms with Crippen LogP contribution in [-0.4, -0.2) is 55.2 Å². The Labute approximate surface area is 253 Å². The number of carbonyl (C=O) groups is 4. The molecule has 3 aromatic carbocycles. The Morgan fingerprint density at radius 3 is 2.44 bits per heavy atom. The van der Waals surface area contributed by atoms with Gasteiger partial charge in [0.15, 0.2) is 18.1 Å². The summed E-state index contributed by atoms with van der Waals surface area (Å²) in [6.45, 7) is -0.746. The van der Waals surface area contributed by atoms with Gasteiger partial charge in [0.1, 0.15) is 12.3 Å². The van der Waals surface area contributed by atoms with Crippen LogP contribution in [0.3, 0.4) is 0 Å². The maximum absolute atomic E-state index is 12.9. The molecule has 4 rings (SSSR count). The van der Waals surface area contributed by atoms with Gasteiger partial charge in [-0.05, 0) is 81.8 Å². The third-order valence-corrected chi connectivity index (χ3v) is 7.74. The lowest BCUT2D eigenvalue weighted by Crippen LogP contribution is -2.36. The van der Waals surface area contributed by atoms with E-state index in [2.05, 4.69) is 26.6 Å². The van der Waals surface area contributed by atoms with Crippen LogP contribution in [0.25, 0.3) is 6.08 Å². The first-order valence-corrected chi connectivity index (χ1v) is 13.9. The van der Waals surface area contributed by atoms with Crippen LogP contribution < -0.4 is 24.8 Å². The molecule has 10 nitrogen and oxygen atoms in total.